The zero-order valence-electron chi connectivity index (χ0n) is 10.1. The molecule has 0 unspecified atom stereocenters. The molecule has 0 saturated carbocycles. The lowest BCUT2D eigenvalue weighted by Crippen LogP contribution is -2.18. The predicted molar refractivity (Wildman–Crippen MR) is 72.6 cm³/mol. The molecule has 0 N–H and O–H groups in total. The summed E-state index contributed by atoms with van der Waals surface area (Å²) in [7, 11) is 0. The highest BCUT2D eigenvalue weighted by Crippen LogP contribution is 2.06. The van der Waals surface area contributed by atoms with E-state index in [2.05, 4.69) is 36.0 Å². The van der Waals surface area contributed by atoms with Crippen LogP contribution in [0, 0.1) is 31.6 Å². The van der Waals surface area contributed by atoms with E-state index in [-0.39, 0.29) is 0 Å². The monoisotopic (exact) mass is 224 g/mol. The number of hydrogen-bond acceptors (Lipinski definition) is 2. The van der Waals surface area contributed by atoms with Crippen LogP contribution in [-0.4, -0.2) is 24.3 Å². The highest BCUT2D eigenvalue weighted by Gasteiger charge is 1.96. The summed E-state index contributed by atoms with van der Waals surface area (Å²) >= 11 is 0. The summed E-state index contributed by atoms with van der Waals surface area (Å²) in [6.45, 7) is 2.97. The van der Waals surface area contributed by atoms with Gasteiger partial charge in [-0.3, -0.25) is 5.01 Å². The Bertz CT molecular complexity index is 445. The van der Waals surface area contributed by atoms with Crippen molar-refractivity contribution < 1.29 is 0 Å². The average Bonchev–Trinajstić information content (AvgIpc) is 2.32. The normalized spacial score (nSPS) is 9.82. The number of hydrazone groups is 1. The Morgan fingerprint density at radius 2 is 1.88 bits per heavy atom. The largest absolute Gasteiger partial charge is 0.273 e. The highest BCUT2D eigenvalue weighted by molar-refractivity contribution is 5.62. The summed E-state index contributed by atoms with van der Waals surface area (Å²) in [5.41, 5.74) is 2.53. The third kappa shape index (κ3) is 4.45. The van der Waals surface area contributed by atoms with E-state index in [1.54, 1.807) is 5.01 Å². The summed E-state index contributed by atoms with van der Waals surface area (Å²) in [5.74, 6) is 5.06. The number of hydrogen-bond donors (Lipinski definition) is 0. The molecule has 0 bridgehead atoms. The fourth-order valence-electron chi connectivity index (χ4n) is 1.44. The van der Waals surface area contributed by atoms with Crippen molar-refractivity contribution in [3.63, 3.8) is 0 Å². The topological polar surface area (TPSA) is 15.6 Å². The Kier molecular flexibility index (Phi) is 5.41. The van der Waals surface area contributed by atoms with E-state index in [1.165, 1.54) is 11.1 Å². The second-order valence-electron chi connectivity index (χ2n) is 3.66. The maximum absolute atomic E-state index is 5.23. The molecule has 86 valence electrons. The smallest absolute Gasteiger partial charge is 0.0976 e. The molecule has 2 nitrogen and oxygen atoms in total. The van der Waals surface area contributed by atoms with Gasteiger partial charge in [-0.1, -0.05) is 36.1 Å². The predicted octanol–water partition coefficient (Wildman–Crippen LogP) is 2.09. The molecule has 0 aliphatic rings. The Morgan fingerprint density at radius 3 is 2.47 bits per heavy atom. The van der Waals surface area contributed by atoms with Crippen LogP contribution in [0.2, 0.25) is 0 Å². The first-order valence-corrected chi connectivity index (χ1v) is 5.46. The summed E-state index contributed by atoms with van der Waals surface area (Å²) in [4.78, 5) is 0. The average molecular weight is 224 g/mol. The molecule has 1 aromatic carbocycles. The number of aryl methyl sites for hydroxylation is 1. The van der Waals surface area contributed by atoms with Crippen LogP contribution in [0.5, 0.6) is 0 Å². The summed E-state index contributed by atoms with van der Waals surface area (Å²) in [6, 6.07) is 8.23. The standard InChI is InChI=1S/C15H16N2/c1-4-12-17(13-5-2)16-11-10-15-9-7-6-8-14(15)3/h1-2,6-9,11H,10,12-13H2,3H3/b16-11+. The van der Waals surface area contributed by atoms with Crippen molar-refractivity contribution in [3.05, 3.63) is 35.4 Å². The molecule has 0 spiro atoms. The van der Waals surface area contributed by atoms with Gasteiger partial charge in [-0.15, -0.1) is 12.8 Å². The van der Waals surface area contributed by atoms with Gasteiger partial charge in [-0.2, -0.15) is 5.10 Å². The van der Waals surface area contributed by atoms with Crippen LogP contribution in [0.4, 0.5) is 0 Å². The van der Waals surface area contributed by atoms with Crippen LogP contribution >= 0.6 is 0 Å². The molecule has 0 amide bonds. The maximum atomic E-state index is 5.23. The molecule has 1 rings (SSSR count). The van der Waals surface area contributed by atoms with Gasteiger partial charge in [0.05, 0.1) is 13.1 Å². The lowest BCUT2D eigenvalue weighted by Gasteiger charge is -2.11. The third-order valence-electron chi connectivity index (χ3n) is 2.37. The van der Waals surface area contributed by atoms with Crippen molar-refractivity contribution in [2.24, 2.45) is 5.10 Å². The van der Waals surface area contributed by atoms with Gasteiger partial charge in [-0.05, 0) is 18.1 Å². The second-order valence-corrected chi connectivity index (χ2v) is 3.66. The second kappa shape index (κ2) is 7.14. The molecular formula is C15H16N2. The maximum Gasteiger partial charge on any atom is 0.0976 e. The molecule has 0 aliphatic heterocycles. The minimum Gasteiger partial charge on any atom is -0.273 e. The SMILES string of the molecule is C#CCN(CC#C)/N=C/Cc1ccccc1C. The summed E-state index contributed by atoms with van der Waals surface area (Å²) in [5, 5.41) is 5.96. The van der Waals surface area contributed by atoms with Crippen molar-refractivity contribution in [2.75, 3.05) is 13.1 Å². The van der Waals surface area contributed by atoms with Crippen LogP contribution < -0.4 is 0 Å². The molecule has 2 heteroatoms. The van der Waals surface area contributed by atoms with E-state index < -0.39 is 0 Å². The molecule has 0 aliphatic carbocycles. The number of benzene rings is 1. The van der Waals surface area contributed by atoms with Crippen molar-refractivity contribution in [3.8, 4) is 24.7 Å². The lowest BCUT2D eigenvalue weighted by molar-refractivity contribution is 0.368. The van der Waals surface area contributed by atoms with E-state index in [0.29, 0.717) is 13.1 Å². The number of nitrogens with zero attached hydrogens (tertiary/aromatic N) is 2. The quantitative estimate of drug-likeness (QED) is 0.425. The molecular weight excluding hydrogens is 208 g/mol. The van der Waals surface area contributed by atoms with E-state index in [1.807, 2.05) is 18.3 Å². The first kappa shape index (κ1) is 12.9. The van der Waals surface area contributed by atoms with Crippen LogP contribution in [-0.2, 0) is 6.42 Å². The molecule has 0 saturated heterocycles. The molecule has 0 aromatic heterocycles. The highest BCUT2D eigenvalue weighted by atomic mass is 15.4. The van der Waals surface area contributed by atoms with Crippen molar-refractivity contribution in [1.82, 2.24) is 5.01 Å². The van der Waals surface area contributed by atoms with Gasteiger partial charge in [0.1, 0.15) is 0 Å². The Hall–Kier alpha value is -2.19. The van der Waals surface area contributed by atoms with Crippen LogP contribution in [0.15, 0.2) is 29.4 Å². The van der Waals surface area contributed by atoms with Gasteiger partial charge in [-0.25, -0.2) is 0 Å². The zero-order chi connectivity index (χ0) is 12.5. The van der Waals surface area contributed by atoms with Crippen molar-refractivity contribution >= 4 is 6.21 Å². The van der Waals surface area contributed by atoms with Crippen LogP contribution in [0.3, 0.4) is 0 Å². The van der Waals surface area contributed by atoms with E-state index >= 15 is 0 Å². The van der Waals surface area contributed by atoms with Gasteiger partial charge in [0.2, 0.25) is 0 Å². The minimum atomic E-state index is 0.439. The van der Waals surface area contributed by atoms with Crippen molar-refractivity contribution in [2.45, 2.75) is 13.3 Å². The molecule has 1 aromatic rings. The van der Waals surface area contributed by atoms with Gasteiger partial charge in [0.25, 0.3) is 0 Å². The molecule has 0 atom stereocenters. The summed E-state index contributed by atoms with van der Waals surface area (Å²) < 4.78 is 0. The van der Waals surface area contributed by atoms with Gasteiger partial charge < -0.3 is 0 Å². The van der Waals surface area contributed by atoms with E-state index in [0.717, 1.165) is 6.42 Å². The fraction of sp³-hybridized carbons (Fsp3) is 0.267. The van der Waals surface area contributed by atoms with E-state index in [9.17, 15) is 0 Å². The number of rotatable bonds is 5. The Morgan fingerprint density at radius 1 is 1.24 bits per heavy atom. The zero-order valence-corrected chi connectivity index (χ0v) is 10.1. The first-order valence-electron chi connectivity index (χ1n) is 5.46. The van der Waals surface area contributed by atoms with Gasteiger partial charge >= 0.3 is 0 Å². The lowest BCUT2D eigenvalue weighted by atomic mass is 10.1. The molecule has 0 heterocycles. The summed E-state index contributed by atoms with van der Waals surface area (Å²) in [6.07, 6.45) is 13.1. The van der Waals surface area contributed by atoms with Crippen molar-refractivity contribution in [1.29, 1.82) is 0 Å². The van der Waals surface area contributed by atoms with Gasteiger partial charge in [0, 0.05) is 12.6 Å². The van der Waals surface area contributed by atoms with Crippen LogP contribution in [0.25, 0.3) is 0 Å². The minimum absolute atomic E-state index is 0.439. The molecule has 0 fully saturated rings. The Labute approximate surface area is 103 Å². The van der Waals surface area contributed by atoms with Gasteiger partial charge in [0.15, 0.2) is 0 Å². The molecule has 17 heavy (non-hydrogen) atoms. The fourth-order valence-corrected chi connectivity index (χ4v) is 1.44. The Balaban J connectivity index is 2.57. The first-order chi connectivity index (χ1) is 8.27. The third-order valence-corrected chi connectivity index (χ3v) is 2.37. The number of terminal acetylenes is 2. The van der Waals surface area contributed by atoms with Crippen LogP contribution in [0.1, 0.15) is 11.1 Å². The van der Waals surface area contributed by atoms with E-state index in [4.69, 9.17) is 12.8 Å². The molecule has 0 radical (unpaired) electrons.